The van der Waals surface area contributed by atoms with E-state index in [4.69, 9.17) is 10.8 Å². The Balaban J connectivity index is 2.85. The summed E-state index contributed by atoms with van der Waals surface area (Å²) in [7, 11) is 1.25. The van der Waals surface area contributed by atoms with Gasteiger partial charge in [0.2, 0.25) is 0 Å². The number of hydrogen-bond acceptors (Lipinski definition) is 5. The molecule has 0 aliphatic heterocycles. The van der Waals surface area contributed by atoms with Crippen molar-refractivity contribution >= 4 is 23.3 Å². The van der Waals surface area contributed by atoms with Crippen molar-refractivity contribution in [1.82, 2.24) is 0 Å². The highest BCUT2D eigenvalue weighted by Gasteiger charge is 2.14. The van der Waals surface area contributed by atoms with E-state index in [-0.39, 0.29) is 13.1 Å². The van der Waals surface area contributed by atoms with Gasteiger partial charge in [0.25, 0.3) is 0 Å². The minimum atomic E-state index is -1.02. The molecule has 0 aliphatic carbocycles. The second-order valence-electron chi connectivity index (χ2n) is 3.42. The van der Waals surface area contributed by atoms with Crippen molar-refractivity contribution in [2.75, 3.05) is 30.8 Å². The van der Waals surface area contributed by atoms with Crippen molar-refractivity contribution < 1.29 is 19.4 Å². The average Bonchev–Trinajstić information content (AvgIpc) is 2.28. The molecule has 6 nitrogen and oxygen atoms in total. The van der Waals surface area contributed by atoms with E-state index in [1.807, 2.05) is 0 Å². The Labute approximate surface area is 98.6 Å². The fourth-order valence-electron chi connectivity index (χ4n) is 1.31. The third-order valence-electron chi connectivity index (χ3n) is 2.13. The maximum atomic E-state index is 11.2. The van der Waals surface area contributed by atoms with Gasteiger partial charge in [-0.2, -0.15) is 0 Å². The van der Waals surface area contributed by atoms with Crippen LogP contribution in [0.2, 0.25) is 0 Å². The highest BCUT2D eigenvalue weighted by atomic mass is 16.5. The molecule has 1 aromatic rings. The third-order valence-corrected chi connectivity index (χ3v) is 2.13. The van der Waals surface area contributed by atoms with Crippen molar-refractivity contribution in [3.63, 3.8) is 0 Å². The van der Waals surface area contributed by atoms with Crippen LogP contribution in [0.1, 0.15) is 0 Å². The number of ether oxygens (including phenoxy) is 1. The molecule has 0 unspecified atom stereocenters. The van der Waals surface area contributed by atoms with Crippen LogP contribution in [0.25, 0.3) is 0 Å². The van der Waals surface area contributed by atoms with Crippen LogP contribution in [-0.2, 0) is 14.3 Å². The molecule has 0 aromatic heterocycles. The van der Waals surface area contributed by atoms with Gasteiger partial charge in [-0.25, -0.2) is 0 Å². The summed E-state index contributed by atoms with van der Waals surface area (Å²) < 4.78 is 4.51. The van der Waals surface area contributed by atoms with Gasteiger partial charge in [-0.3, -0.25) is 9.59 Å². The molecule has 17 heavy (non-hydrogen) atoms. The maximum absolute atomic E-state index is 11.2. The topological polar surface area (TPSA) is 92.9 Å². The molecule has 0 bridgehead atoms. The fourth-order valence-corrected chi connectivity index (χ4v) is 1.31. The zero-order chi connectivity index (χ0) is 12.8. The number of rotatable bonds is 5. The number of esters is 1. The van der Waals surface area contributed by atoms with Crippen molar-refractivity contribution in [1.29, 1.82) is 0 Å². The van der Waals surface area contributed by atoms with Crippen LogP contribution in [0.15, 0.2) is 24.3 Å². The van der Waals surface area contributed by atoms with Gasteiger partial charge in [0.15, 0.2) is 0 Å². The average molecular weight is 238 g/mol. The number of nitrogen functional groups attached to an aromatic ring is 1. The number of nitrogens with zero attached hydrogens (tertiary/aromatic N) is 1. The molecule has 6 heteroatoms. The van der Waals surface area contributed by atoms with E-state index in [1.165, 1.54) is 12.0 Å². The van der Waals surface area contributed by atoms with E-state index in [1.54, 1.807) is 24.3 Å². The molecule has 0 heterocycles. The van der Waals surface area contributed by atoms with Crippen LogP contribution in [0, 0.1) is 0 Å². The van der Waals surface area contributed by atoms with Gasteiger partial charge >= 0.3 is 11.9 Å². The number of aliphatic carboxylic acids is 1. The minimum absolute atomic E-state index is 0.118. The van der Waals surface area contributed by atoms with E-state index in [9.17, 15) is 9.59 Å². The first kappa shape index (κ1) is 12.8. The Hall–Kier alpha value is -2.24. The molecular formula is C11H14N2O4. The minimum Gasteiger partial charge on any atom is -0.480 e. The normalized spacial score (nSPS) is 9.71. The van der Waals surface area contributed by atoms with Gasteiger partial charge in [-0.1, -0.05) is 0 Å². The molecule has 3 N–H and O–H groups in total. The van der Waals surface area contributed by atoms with Crippen LogP contribution < -0.4 is 10.6 Å². The largest absolute Gasteiger partial charge is 0.480 e. The number of hydrogen-bond donors (Lipinski definition) is 2. The lowest BCUT2D eigenvalue weighted by Crippen LogP contribution is -2.35. The first-order valence-corrected chi connectivity index (χ1v) is 4.92. The molecule has 0 amide bonds. The first-order valence-electron chi connectivity index (χ1n) is 4.92. The molecule has 0 radical (unpaired) electrons. The zero-order valence-corrected chi connectivity index (χ0v) is 9.42. The number of carbonyl (C=O) groups excluding carboxylic acids is 1. The summed E-state index contributed by atoms with van der Waals surface area (Å²) >= 11 is 0. The highest BCUT2D eigenvalue weighted by Crippen LogP contribution is 2.15. The monoisotopic (exact) mass is 238 g/mol. The lowest BCUT2D eigenvalue weighted by Gasteiger charge is -2.21. The molecule has 1 rings (SSSR count). The lowest BCUT2D eigenvalue weighted by atomic mass is 10.2. The van der Waals surface area contributed by atoms with Gasteiger partial charge in [-0.05, 0) is 24.3 Å². The van der Waals surface area contributed by atoms with E-state index < -0.39 is 11.9 Å². The maximum Gasteiger partial charge on any atom is 0.325 e. The number of methoxy groups -OCH3 is 1. The fraction of sp³-hybridized carbons (Fsp3) is 0.273. The van der Waals surface area contributed by atoms with E-state index in [0.717, 1.165) is 0 Å². The molecule has 0 atom stereocenters. The molecular weight excluding hydrogens is 224 g/mol. The van der Waals surface area contributed by atoms with Crippen LogP contribution in [0.3, 0.4) is 0 Å². The molecule has 92 valence electrons. The SMILES string of the molecule is COC(=O)CN(CC(=O)O)c1ccc(N)cc1. The van der Waals surface area contributed by atoms with Crippen LogP contribution in [0.4, 0.5) is 11.4 Å². The summed E-state index contributed by atoms with van der Waals surface area (Å²) in [6.07, 6.45) is 0. The van der Waals surface area contributed by atoms with E-state index >= 15 is 0 Å². The Kier molecular flexibility index (Phi) is 4.33. The van der Waals surface area contributed by atoms with Gasteiger partial charge in [0, 0.05) is 11.4 Å². The molecule has 0 spiro atoms. The van der Waals surface area contributed by atoms with Gasteiger partial charge in [0.05, 0.1) is 7.11 Å². The van der Waals surface area contributed by atoms with E-state index in [0.29, 0.717) is 11.4 Å². The summed E-state index contributed by atoms with van der Waals surface area (Å²) in [5.41, 5.74) is 6.70. The Morgan fingerprint density at radius 1 is 1.29 bits per heavy atom. The van der Waals surface area contributed by atoms with Crippen LogP contribution in [0.5, 0.6) is 0 Å². The van der Waals surface area contributed by atoms with Crippen molar-refractivity contribution in [2.45, 2.75) is 0 Å². The smallest absolute Gasteiger partial charge is 0.325 e. The summed E-state index contributed by atoms with van der Waals surface area (Å²) in [6, 6.07) is 6.59. The number of carbonyl (C=O) groups is 2. The van der Waals surface area contributed by atoms with E-state index in [2.05, 4.69) is 4.74 Å². The number of carboxylic acid groups (broad SMARTS) is 1. The second-order valence-corrected chi connectivity index (χ2v) is 3.42. The van der Waals surface area contributed by atoms with Gasteiger partial charge in [-0.15, -0.1) is 0 Å². The number of carboxylic acids is 1. The number of nitrogens with two attached hydrogens (primary N) is 1. The summed E-state index contributed by atoms with van der Waals surface area (Å²) in [4.78, 5) is 23.3. The summed E-state index contributed by atoms with van der Waals surface area (Å²) in [5, 5.41) is 8.77. The van der Waals surface area contributed by atoms with Crippen molar-refractivity contribution in [2.24, 2.45) is 0 Å². The Bertz CT molecular complexity index is 402. The standard InChI is InChI=1S/C11H14N2O4/c1-17-11(16)7-13(6-10(14)15)9-4-2-8(12)3-5-9/h2-5H,6-7,12H2,1H3,(H,14,15). The number of anilines is 2. The quantitative estimate of drug-likeness (QED) is 0.567. The molecule has 0 saturated carbocycles. The van der Waals surface area contributed by atoms with Gasteiger partial charge in [0.1, 0.15) is 13.1 Å². The van der Waals surface area contributed by atoms with Crippen molar-refractivity contribution in [3.05, 3.63) is 24.3 Å². The summed E-state index contributed by atoms with van der Waals surface area (Å²) in [5.74, 6) is -1.52. The summed E-state index contributed by atoms with van der Waals surface area (Å²) in [6.45, 7) is -0.397. The first-order chi connectivity index (χ1) is 8.02. The Morgan fingerprint density at radius 3 is 2.35 bits per heavy atom. The molecule has 0 aliphatic rings. The highest BCUT2D eigenvalue weighted by molar-refractivity contribution is 5.80. The van der Waals surface area contributed by atoms with Crippen molar-refractivity contribution in [3.8, 4) is 0 Å². The zero-order valence-electron chi connectivity index (χ0n) is 9.42. The molecule has 1 aromatic carbocycles. The molecule has 0 fully saturated rings. The second kappa shape index (κ2) is 5.74. The number of benzene rings is 1. The predicted octanol–water partition coefficient (Wildman–Crippen LogP) is 0.333. The van der Waals surface area contributed by atoms with Crippen LogP contribution in [-0.4, -0.2) is 37.2 Å². The molecule has 0 saturated heterocycles. The van der Waals surface area contributed by atoms with Gasteiger partial charge < -0.3 is 20.5 Å². The predicted molar refractivity (Wildman–Crippen MR) is 62.7 cm³/mol. The Morgan fingerprint density at radius 2 is 1.88 bits per heavy atom. The van der Waals surface area contributed by atoms with Crippen LogP contribution >= 0.6 is 0 Å². The third kappa shape index (κ3) is 4.02. The lowest BCUT2D eigenvalue weighted by molar-refractivity contribution is -0.139.